The number of furan rings is 1. The molecular formula is C45H28N2O2. The average molecular weight is 629 g/mol. The third kappa shape index (κ3) is 4.49. The molecule has 2 aromatic heterocycles. The van der Waals surface area contributed by atoms with E-state index < -0.39 is 0 Å². The molecule has 0 aliphatic rings. The normalized spacial score (nSPS) is 11.7. The fourth-order valence-electron chi connectivity index (χ4n) is 7.16. The maximum Gasteiger partial charge on any atom is 0.228 e. The SMILES string of the molecule is c1ccc2cc(-c3ccc(N(c4cccc5ccccc45)c4cccc5c4oc4cccc(-c6nc7ccccc7o6)c45)cc3)ccc2c1. The molecule has 0 atom stereocenters. The molecule has 0 bridgehead atoms. The molecule has 0 aliphatic heterocycles. The minimum atomic E-state index is 0.579. The van der Waals surface area contributed by atoms with E-state index in [1.165, 1.54) is 21.7 Å². The largest absolute Gasteiger partial charge is 0.454 e. The Morgan fingerprint density at radius 2 is 1.12 bits per heavy atom. The van der Waals surface area contributed by atoms with Gasteiger partial charge in [-0.1, -0.05) is 115 Å². The molecule has 0 amide bonds. The standard InChI is InChI=1S/C45H28N2O2/c1-2-12-32-28-33(23-22-29(32)10-1)30-24-26-34(27-25-30)47(39-18-7-13-31-11-3-4-14-35(31)39)40-19-8-15-36-43-37(16-9-21-42(43)48-44(36)40)45-46-38-17-5-6-20-41(38)49-45/h1-28H. The second-order valence-electron chi connectivity index (χ2n) is 12.4. The molecule has 8 aromatic carbocycles. The second-order valence-corrected chi connectivity index (χ2v) is 12.4. The van der Waals surface area contributed by atoms with Gasteiger partial charge in [0.25, 0.3) is 0 Å². The van der Waals surface area contributed by atoms with E-state index in [1.807, 2.05) is 36.4 Å². The van der Waals surface area contributed by atoms with Crippen LogP contribution in [0.4, 0.5) is 17.1 Å². The van der Waals surface area contributed by atoms with Gasteiger partial charge in [-0.15, -0.1) is 0 Å². The Morgan fingerprint density at radius 1 is 0.449 bits per heavy atom. The monoisotopic (exact) mass is 628 g/mol. The molecule has 0 saturated heterocycles. The van der Waals surface area contributed by atoms with Crippen molar-refractivity contribution in [3.63, 3.8) is 0 Å². The zero-order valence-corrected chi connectivity index (χ0v) is 26.4. The van der Waals surface area contributed by atoms with Crippen molar-refractivity contribution in [3.05, 3.63) is 170 Å². The summed E-state index contributed by atoms with van der Waals surface area (Å²) in [6.07, 6.45) is 0. The van der Waals surface area contributed by atoms with E-state index in [4.69, 9.17) is 13.8 Å². The van der Waals surface area contributed by atoms with Gasteiger partial charge < -0.3 is 13.7 Å². The summed E-state index contributed by atoms with van der Waals surface area (Å²) >= 11 is 0. The van der Waals surface area contributed by atoms with E-state index in [0.29, 0.717) is 5.89 Å². The Bertz CT molecular complexity index is 2810. The molecule has 0 spiro atoms. The summed E-state index contributed by atoms with van der Waals surface area (Å²) in [6.45, 7) is 0. The van der Waals surface area contributed by atoms with E-state index in [-0.39, 0.29) is 0 Å². The van der Waals surface area contributed by atoms with Crippen LogP contribution in [0, 0.1) is 0 Å². The van der Waals surface area contributed by atoms with Gasteiger partial charge in [-0.3, -0.25) is 0 Å². The first kappa shape index (κ1) is 27.5. The van der Waals surface area contributed by atoms with Crippen molar-refractivity contribution in [3.8, 4) is 22.6 Å². The van der Waals surface area contributed by atoms with Gasteiger partial charge >= 0.3 is 0 Å². The molecular weight excluding hydrogens is 601 g/mol. The highest BCUT2D eigenvalue weighted by atomic mass is 16.3. The Labute approximate surface area is 282 Å². The Kier molecular flexibility index (Phi) is 6.15. The number of fused-ring (bicyclic) bond motifs is 6. The van der Waals surface area contributed by atoms with Crippen LogP contribution in [-0.4, -0.2) is 4.98 Å². The minimum absolute atomic E-state index is 0.579. The van der Waals surface area contributed by atoms with Crippen LogP contribution in [0.15, 0.2) is 179 Å². The van der Waals surface area contributed by atoms with Crippen molar-refractivity contribution in [2.24, 2.45) is 0 Å². The van der Waals surface area contributed by atoms with Crippen LogP contribution in [0.5, 0.6) is 0 Å². The molecule has 4 heteroatoms. The summed E-state index contributed by atoms with van der Waals surface area (Å²) in [5, 5.41) is 6.79. The zero-order valence-electron chi connectivity index (χ0n) is 26.4. The second kappa shape index (κ2) is 11.0. The fraction of sp³-hybridized carbons (Fsp3) is 0. The molecule has 2 heterocycles. The van der Waals surface area contributed by atoms with Crippen LogP contribution in [0.25, 0.3) is 77.2 Å². The van der Waals surface area contributed by atoms with Crippen LogP contribution in [-0.2, 0) is 0 Å². The number of benzene rings is 8. The summed E-state index contributed by atoms with van der Waals surface area (Å²) in [7, 11) is 0. The lowest BCUT2D eigenvalue weighted by Crippen LogP contribution is -2.10. The lowest BCUT2D eigenvalue weighted by molar-refractivity contribution is 0.620. The number of hydrogen-bond acceptors (Lipinski definition) is 4. The molecule has 10 rings (SSSR count). The highest BCUT2D eigenvalue weighted by Crippen LogP contribution is 2.46. The molecule has 0 aliphatic carbocycles. The quantitative estimate of drug-likeness (QED) is 0.190. The molecule has 0 radical (unpaired) electrons. The Balaban J connectivity index is 1.18. The predicted molar refractivity (Wildman–Crippen MR) is 202 cm³/mol. The van der Waals surface area contributed by atoms with Crippen LogP contribution >= 0.6 is 0 Å². The first-order valence-corrected chi connectivity index (χ1v) is 16.5. The highest BCUT2D eigenvalue weighted by molar-refractivity contribution is 6.16. The summed E-state index contributed by atoms with van der Waals surface area (Å²) in [4.78, 5) is 7.15. The van der Waals surface area contributed by atoms with E-state index in [2.05, 4.69) is 138 Å². The third-order valence-electron chi connectivity index (χ3n) is 9.48. The Morgan fingerprint density at radius 3 is 2.02 bits per heavy atom. The van der Waals surface area contributed by atoms with Gasteiger partial charge in [0.2, 0.25) is 5.89 Å². The number of nitrogens with zero attached hydrogens (tertiary/aromatic N) is 2. The van der Waals surface area contributed by atoms with E-state index in [9.17, 15) is 0 Å². The van der Waals surface area contributed by atoms with Crippen LogP contribution in [0.2, 0.25) is 0 Å². The summed E-state index contributed by atoms with van der Waals surface area (Å²) in [5.74, 6) is 0.579. The van der Waals surface area contributed by atoms with E-state index in [0.717, 1.165) is 66.6 Å². The summed E-state index contributed by atoms with van der Waals surface area (Å²) in [5.41, 5.74) is 9.49. The van der Waals surface area contributed by atoms with Crippen LogP contribution < -0.4 is 4.90 Å². The van der Waals surface area contributed by atoms with Crippen molar-refractivity contribution in [2.45, 2.75) is 0 Å². The zero-order chi connectivity index (χ0) is 32.3. The minimum Gasteiger partial charge on any atom is -0.454 e. The lowest BCUT2D eigenvalue weighted by atomic mass is 10.0. The first-order valence-electron chi connectivity index (χ1n) is 16.5. The molecule has 0 saturated carbocycles. The van der Waals surface area contributed by atoms with Crippen LogP contribution in [0.3, 0.4) is 0 Å². The fourth-order valence-corrected chi connectivity index (χ4v) is 7.16. The number of hydrogen-bond donors (Lipinski definition) is 0. The molecule has 0 N–H and O–H groups in total. The number of aromatic nitrogens is 1. The molecule has 49 heavy (non-hydrogen) atoms. The van der Waals surface area contributed by atoms with Crippen molar-refractivity contribution in [2.75, 3.05) is 4.90 Å². The molecule has 0 fully saturated rings. The number of rotatable bonds is 5. The summed E-state index contributed by atoms with van der Waals surface area (Å²) in [6, 6.07) is 59.3. The third-order valence-corrected chi connectivity index (χ3v) is 9.48. The average Bonchev–Trinajstić information content (AvgIpc) is 3.78. The topological polar surface area (TPSA) is 42.4 Å². The number of para-hydroxylation sites is 3. The molecule has 10 aromatic rings. The molecule has 4 nitrogen and oxygen atoms in total. The smallest absolute Gasteiger partial charge is 0.228 e. The predicted octanol–water partition coefficient (Wildman–Crippen LogP) is 12.8. The summed E-state index contributed by atoms with van der Waals surface area (Å²) < 4.78 is 13.0. The van der Waals surface area contributed by atoms with Crippen molar-refractivity contribution in [1.82, 2.24) is 4.98 Å². The molecule has 0 unspecified atom stereocenters. The van der Waals surface area contributed by atoms with E-state index in [1.54, 1.807) is 0 Å². The first-order chi connectivity index (χ1) is 24.3. The maximum absolute atomic E-state index is 6.78. The van der Waals surface area contributed by atoms with Gasteiger partial charge in [0.15, 0.2) is 11.2 Å². The maximum atomic E-state index is 6.78. The van der Waals surface area contributed by atoms with Gasteiger partial charge in [-0.25, -0.2) is 4.98 Å². The van der Waals surface area contributed by atoms with Crippen LogP contribution in [0.1, 0.15) is 0 Å². The van der Waals surface area contributed by atoms with Crippen molar-refractivity contribution >= 4 is 71.6 Å². The lowest BCUT2D eigenvalue weighted by Gasteiger charge is -2.27. The number of oxazole rings is 1. The van der Waals surface area contributed by atoms with Crippen molar-refractivity contribution < 1.29 is 8.83 Å². The van der Waals surface area contributed by atoms with Gasteiger partial charge in [-0.05, 0) is 81.9 Å². The number of anilines is 3. The van der Waals surface area contributed by atoms with Gasteiger partial charge in [0.05, 0.1) is 11.4 Å². The van der Waals surface area contributed by atoms with E-state index >= 15 is 0 Å². The Hall–Kier alpha value is -6.65. The molecule has 230 valence electrons. The highest BCUT2D eigenvalue weighted by Gasteiger charge is 2.23. The van der Waals surface area contributed by atoms with Gasteiger partial charge in [0, 0.05) is 27.4 Å². The van der Waals surface area contributed by atoms with Gasteiger partial charge in [0.1, 0.15) is 11.1 Å². The van der Waals surface area contributed by atoms with Crippen molar-refractivity contribution in [1.29, 1.82) is 0 Å². The van der Waals surface area contributed by atoms with Gasteiger partial charge in [-0.2, -0.15) is 0 Å².